The van der Waals surface area contributed by atoms with Crippen LogP contribution in [0.1, 0.15) is 43.5 Å². The van der Waals surface area contributed by atoms with E-state index in [2.05, 4.69) is 14.8 Å². The lowest BCUT2D eigenvalue weighted by Crippen LogP contribution is -2.01. The second-order valence-corrected chi connectivity index (χ2v) is 5.75. The number of carboxylic acids is 1. The van der Waals surface area contributed by atoms with Gasteiger partial charge in [0.15, 0.2) is 5.16 Å². The van der Waals surface area contributed by atoms with Gasteiger partial charge in [0.05, 0.1) is 0 Å². The first-order chi connectivity index (χ1) is 8.75. The SMILES string of the molecule is O=C(O)/C=C/CSc1nnc(C2CC2)n1C1CC1. The highest BCUT2D eigenvalue weighted by Gasteiger charge is 2.36. The van der Waals surface area contributed by atoms with Crippen LogP contribution in [-0.2, 0) is 4.79 Å². The second-order valence-electron chi connectivity index (χ2n) is 4.77. The monoisotopic (exact) mass is 265 g/mol. The highest BCUT2D eigenvalue weighted by atomic mass is 32.2. The summed E-state index contributed by atoms with van der Waals surface area (Å²) in [7, 11) is 0. The highest BCUT2D eigenvalue weighted by Crippen LogP contribution is 2.45. The van der Waals surface area contributed by atoms with Crippen molar-refractivity contribution in [1.82, 2.24) is 14.8 Å². The van der Waals surface area contributed by atoms with Crippen LogP contribution in [0, 0.1) is 0 Å². The molecule has 1 N–H and O–H groups in total. The maximum absolute atomic E-state index is 10.4. The molecule has 1 heterocycles. The molecule has 5 nitrogen and oxygen atoms in total. The Morgan fingerprint density at radius 1 is 1.39 bits per heavy atom. The van der Waals surface area contributed by atoms with E-state index < -0.39 is 5.97 Å². The van der Waals surface area contributed by atoms with E-state index in [1.165, 1.54) is 31.8 Å². The van der Waals surface area contributed by atoms with Crippen LogP contribution in [0.25, 0.3) is 0 Å². The fraction of sp³-hybridized carbons (Fsp3) is 0.583. The molecule has 0 radical (unpaired) electrons. The van der Waals surface area contributed by atoms with E-state index in [-0.39, 0.29) is 0 Å². The number of aliphatic carboxylic acids is 1. The first-order valence-electron chi connectivity index (χ1n) is 6.23. The van der Waals surface area contributed by atoms with Crippen LogP contribution in [0.15, 0.2) is 17.3 Å². The summed E-state index contributed by atoms with van der Waals surface area (Å²) in [5, 5.41) is 18.0. The van der Waals surface area contributed by atoms with Gasteiger partial charge in [0, 0.05) is 23.8 Å². The first-order valence-corrected chi connectivity index (χ1v) is 7.21. The van der Waals surface area contributed by atoms with Crippen LogP contribution in [0.4, 0.5) is 0 Å². The van der Waals surface area contributed by atoms with Crippen molar-refractivity contribution >= 4 is 17.7 Å². The third-order valence-electron chi connectivity index (χ3n) is 3.11. The highest BCUT2D eigenvalue weighted by molar-refractivity contribution is 7.99. The molecule has 96 valence electrons. The molecule has 2 saturated carbocycles. The van der Waals surface area contributed by atoms with Crippen molar-refractivity contribution in [3.8, 4) is 0 Å². The lowest BCUT2D eigenvalue weighted by atomic mass is 10.4. The number of thioether (sulfide) groups is 1. The van der Waals surface area contributed by atoms with Crippen LogP contribution in [-0.4, -0.2) is 31.6 Å². The molecule has 2 aliphatic carbocycles. The summed E-state index contributed by atoms with van der Waals surface area (Å²) in [6.07, 6.45) is 7.72. The molecule has 0 unspecified atom stereocenters. The molecule has 0 atom stereocenters. The third kappa shape index (κ3) is 2.58. The number of carbonyl (C=O) groups is 1. The second kappa shape index (κ2) is 4.76. The fourth-order valence-electron chi connectivity index (χ4n) is 1.95. The van der Waals surface area contributed by atoms with E-state index in [0.717, 1.165) is 11.0 Å². The van der Waals surface area contributed by atoms with Crippen molar-refractivity contribution in [2.24, 2.45) is 0 Å². The van der Waals surface area contributed by atoms with Crippen LogP contribution in [0.2, 0.25) is 0 Å². The molecule has 2 aliphatic rings. The Labute approximate surface area is 109 Å². The zero-order chi connectivity index (χ0) is 12.5. The van der Waals surface area contributed by atoms with Crippen LogP contribution < -0.4 is 0 Å². The number of rotatable bonds is 6. The van der Waals surface area contributed by atoms with Gasteiger partial charge in [-0.15, -0.1) is 10.2 Å². The third-order valence-corrected chi connectivity index (χ3v) is 4.01. The van der Waals surface area contributed by atoms with Gasteiger partial charge >= 0.3 is 5.97 Å². The molecule has 1 aromatic heterocycles. The van der Waals surface area contributed by atoms with Crippen molar-refractivity contribution in [2.45, 2.75) is 42.8 Å². The van der Waals surface area contributed by atoms with Gasteiger partial charge in [0.2, 0.25) is 0 Å². The minimum absolute atomic E-state index is 0.585. The summed E-state index contributed by atoms with van der Waals surface area (Å²) < 4.78 is 2.27. The predicted octanol–water partition coefficient (Wildman–Crippen LogP) is 2.22. The molecule has 0 bridgehead atoms. The summed E-state index contributed by atoms with van der Waals surface area (Å²) in [4.78, 5) is 10.4. The van der Waals surface area contributed by atoms with E-state index in [0.29, 0.717) is 17.7 Å². The Morgan fingerprint density at radius 2 is 2.17 bits per heavy atom. The van der Waals surface area contributed by atoms with Crippen LogP contribution >= 0.6 is 11.8 Å². The standard InChI is InChI=1S/C12H15N3O2S/c16-10(17)2-1-7-18-12-14-13-11(8-3-4-8)15(12)9-5-6-9/h1-2,8-9H,3-7H2,(H,16,17)/b2-1+. The summed E-state index contributed by atoms with van der Waals surface area (Å²) in [5.74, 6) is 1.48. The number of hydrogen-bond donors (Lipinski definition) is 1. The fourth-order valence-corrected chi connectivity index (χ4v) is 2.78. The Morgan fingerprint density at radius 3 is 2.78 bits per heavy atom. The van der Waals surface area contributed by atoms with Crippen molar-refractivity contribution in [3.63, 3.8) is 0 Å². The zero-order valence-electron chi connectivity index (χ0n) is 9.95. The minimum atomic E-state index is -0.905. The lowest BCUT2D eigenvalue weighted by Gasteiger charge is -2.06. The predicted molar refractivity (Wildman–Crippen MR) is 67.8 cm³/mol. The molecule has 0 aromatic carbocycles. The molecule has 0 saturated heterocycles. The summed E-state index contributed by atoms with van der Waals surface area (Å²) in [6.45, 7) is 0. The molecular formula is C12H15N3O2S. The molecular weight excluding hydrogens is 250 g/mol. The number of carboxylic acid groups (broad SMARTS) is 1. The topological polar surface area (TPSA) is 68.0 Å². The van der Waals surface area contributed by atoms with Crippen molar-refractivity contribution in [2.75, 3.05) is 5.75 Å². The van der Waals surface area contributed by atoms with Gasteiger partial charge in [-0.2, -0.15) is 0 Å². The Balaban J connectivity index is 1.69. The largest absolute Gasteiger partial charge is 0.478 e. The van der Waals surface area contributed by atoms with E-state index in [4.69, 9.17) is 5.11 Å². The Hall–Kier alpha value is -1.30. The maximum atomic E-state index is 10.4. The molecule has 1 aromatic rings. The zero-order valence-corrected chi connectivity index (χ0v) is 10.8. The average Bonchev–Trinajstić information content (AvgIpc) is 3.23. The van der Waals surface area contributed by atoms with Gasteiger partial charge in [-0.3, -0.25) is 0 Å². The molecule has 6 heteroatoms. The van der Waals surface area contributed by atoms with Gasteiger partial charge < -0.3 is 9.67 Å². The van der Waals surface area contributed by atoms with E-state index in [1.54, 1.807) is 17.8 Å². The quantitative estimate of drug-likeness (QED) is 0.631. The van der Waals surface area contributed by atoms with E-state index >= 15 is 0 Å². The summed E-state index contributed by atoms with van der Waals surface area (Å²) >= 11 is 1.56. The molecule has 0 amide bonds. The molecule has 3 rings (SSSR count). The summed E-state index contributed by atoms with van der Waals surface area (Å²) in [6, 6.07) is 0.585. The summed E-state index contributed by atoms with van der Waals surface area (Å²) in [5.41, 5.74) is 0. The van der Waals surface area contributed by atoms with Gasteiger partial charge in [-0.25, -0.2) is 4.79 Å². The minimum Gasteiger partial charge on any atom is -0.478 e. The number of hydrogen-bond acceptors (Lipinski definition) is 4. The number of aromatic nitrogens is 3. The molecule has 0 spiro atoms. The van der Waals surface area contributed by atoms with Gasteiger partial charge in [0.25, 0.3) is 0 Å². The van der Waals surface area contributed by atoms with Crippen LogP contribution in [0.5, 0.6) is 0 Å². The van der Waals surface area contributed by atoms with Gasteiger partial charge in [-0.05, 0) is 25.7 Å². The van der Waals surface area contributed by atoms with Gasteiger partial charge in [-0.1, -0.05) is 17.8 Å². The van der Waals surface area contributed by atoms with Crippen molar-refractivity contribution < 1.29 is 9.90 Å². The number of nitrogens with zero attached hydrogens (tertiary/aromatic N) is 3. The Bertz CT molecular complexity index is 490. The smallest absolute Gasteiger partial charge is 0.328 e. The van der Waals surface area contributed by atoms with Gasteiger partial charge in [0.1, 0.15) is 5.82 Å². The normalized spacial score (nSPS) is 19.6. The lowest BCUT2D eigenvalue weighted by molar-refractivity contribution is -0.131. The average molecular weight is 265 g/mol. The van der Waals surface area contributed by atoms with E-state index in [1.807, 2.05) is 0 Å². The molecule has 18 heavy (non-hydrogen) atoms. The molecule has 2 fully saturated rings. The van der Waals surface area contributed by atoms with Crippen molar-refractivity contribution in [1.29, 1.82) is 0 Å². The molecule has 0 aliphatic heterocycles. The van der Waals surface area contributed by atoms with Crippen LogP contribution in [0.3, 0.4) is 0 Å². The first kappa shape index (κ1) is 11.8. The van der Waals surface area contributed by atoms with E-state index in [9.17, 15) is 4.79 Å². The maximum Gasteiger partial charge on any atom is 0.328 e. The Kier molecular flexibility index (Phi) is 3.11. The van der Waals surface area contributed by atoms with Crippen molar-refractivity contribution in [3.05, 3.63) is 18.0 Å².